The first-order chi connectivity index (χ1) is 26.4. The molecule has 0 fully saturated rings. The fraction of sp³-hybridized carbons (Fsp3) is 0.385. The van der Waals surface area contributed by atoms with E-state index < -0.39 is 0 Å². The van der Waals surface area contributed by atoms with Gasteiger partial charge in [-0.25, -0.2) is 4.98 Å². The van der Waals surface area contributed by atoms with Crippen LogP contribution in [0.5, 0.6) is 11.5 Å². The maximum atomic E-state index is 6.83. The van der Waals surface area contributed by atoms with Crippen molar-refractivity contribution in [2.45, 2.75) is 131 Å². The maximum absolute atomic E-state index is 6.83. The molecule has 0 amide bonds. The van der Waals surface area contributed by atoms with E-state index in [1.165, 1.54) is 22.5 Å². The van der Waals surface area contributed by atoms with Crippen molar-refractivity contribution in [2.75, 3.05) is 0 Å². The number of benzene rings is 4. The van der Waals surface area contributed by atoms with Crippen LogP contribution < -0.4 is 9.30 Å². The third kappa shape index (κ3) is 8.35. The van der Waals surface area contributed by atoms with Crippen molar-refractivity contribution in [3.8, 4) is 28.7 Å². The van der Waals surface area contributed by atoms with Gasteiger partial charge in [0.25, 0.3) is 6.33 Å². The summed E-state index contributed by atoms with van der Waals surface area (Å²) in [6.45, 7) is 33.9. The third-order valence-corrected chi connectivity index (χ3v) is 10.8. The maximum Gasteiger partial charge on any atom is 0.267 e. The molecule has 4 aromatic carbocycles. The minimum Gasteiger partial charge on any atom is -0.510 e. The van der Waals surface area contributed by atoms with Crippen LogP contribution in [0.25, 0.3) is 39.0 Å². The van der Waals surface area contributed by atoms with Gasteiger partial charge in [-0.05, 0) is 79.6 Å². The molecule has 6 heteroatoms. The van der Waals surface area contributed by atoms with Crippen molar-refractivity contribution >= 4 is 21.8 Å². The molecule has 3 heterocycles. The monoisotopic (exact) mass is 951 g/mol. The van der Waals surface area contributed by atoms with E-state index >= 15 is 0 Å². The first kappa shape index (κ1) is 43.1. The largest absolute Gasteiger partial charge is 0.510 e. The second kappa shape index (κ2) is 15.0. The molecule has 0 aliphatic carbocycles. The van der Waals surface area contributed by atoms with Crippen molar-refractivity contribution in [2.24, 2.45) is 0 Å². The Kier molecular flexibility index (Phi) is 11.1. The van der Waals surface area contributed by atoms with Crippen LogP contribution in [0.1, 0.15) is 132 Å². The van der Waals surface area contributed by atoms with Crippen LogP contribution in [0, 0.1) is 18.5 Å². The standard InChI is InChI=1S/C52H60N4O.Pt/c1-48(2,3)34-20-22-37(23-21-34)54-33-55(47(52(13,14)15)46(54)51(10,11)12)38-28-36(50(7,8)9)29-40(31-38)57-39-24-25-42-41-18-16-17-19-43(41)56(44(42)32-39)45-30-35(26-27-53-45)49(4,5)6;/h16-30H,1-15H3;/q-2;. The van der Waals surface area contributed by atoms with E-state index in [9.17, 15) is 0 Å². The zero-order chi connectivity index (χ0) is 41.5. The smallest absolute Gasteiger partial charge is 0.267 e. The van der Waals surface area contributed by atoms with E-state index in [1.807, 2.05) is 12.3 Å². The Morgan fingerprint density at radius 3 is 1.81 bits per heavy atom. The first-order valence-corrected chi connectivity index (χ1v) is 20.3. The van der Waals surface area contributed by atoms with Crippen molar-refractivity contribution in [1.29, 1.82) is 0 Å². The van der Waals surface area contributed by atoms with E-state index in [0.29, 0.717) is 11.5 Å². The van der Waals surface area contributed by atoms with Gasteiger partial charge in [0.1, 0.15) is 5.82 Å². The van der Waals surface area contributed by atoms with Crippen LogP contribution in [-0.2, 0) is 48.1 Å². The van der Waals surface area contributed by atoms with E-state index in [0.717, 1.165) is 44.6 Å². The Labute approximate surface area is 361 Å². The summed E-state index contributed by atoms with van der Waals surface area (Å²) < 4.78 is 13.5. The van der Waals surface area contributed by atoms with Crippen LogP contribution in [0.2, 0.25) is 0 Å². The summed E-state index contributed by atoms with van der Waals surface area (Å²) in [6.07, 6.45) is 5.74. The molecular formula is C52H60N4OPt-2. The average molecular weight is 952 g/mol. The fourth-order valence-corrected chi connectivity index (χ4v) is 7.70. The Morgan fingerprint density at radius 1 is 0.569 bits per heavy atom. The summed E-state index contributed by atoms with van der Waals surface area (Å²) in [7, 11) is 0. The summed E-state index contributed by atoms with van der Waals surface area (Å²) in [4.78, 5) is 4.87. The van der Waals surface area contributed by atoms with Gasteiger partial charge in [-0.3, -0.25) is 4.57 Å². The molecule has 0 aliphatic rings. The molecule has 0 saturated carbocycles. The number of hydrogen-bond acceptors (Lipinski definition) is 2. The molecule has 58 heavy (non-hydrogen) atoms. The number of fused-ring (bicyclic) bond motifs is 3. The van der Waals surface area contributed by atoms with Gasteiger partial charge in [0.15, 0.2) is 0 Å². The van der Waals surface area contributed by atoms with E-state index in [1.54, 1.807) is 0 Å². The molecular weight excluding hydrogens is 892 g/mol. The Morgan fingerprint density at radius 2 is 1.21 bits per heavy atom. The zero-order valence-corrected chi connectivity index (χ0v) is 39.4. The molecule has 5 nitrogen and oxygen atoms in total. The van der Waals surface area contributed by atoms with Crippen molar-refractivity contribution in [1.82, 2.24) is 14.1 Å². The van der Waals surface area contributed by atoms with Crippen LogP contribution in [0.4, 0.5) is 0 Å². The Hall–Kier alpha value is -4.47. The van der Waals surface area contributed by atoms with Gasteiger partial charge in [0.05, 0.1) is 17.1 Å². The van der Waals surface area contributed by atoms with Gasteiger partial charge in [0, 0.05) is 44.3 Å². The predicted molar refractivity (Wildman–Crippen MR) is 236 cm³/mol. The molecule has 0 radical (unpaired) electrons. The topological polar surface area (TPSA) is 35.9 Å². The number of pyridine rings is 1. The molecule has 0 aliphatic heterocycles. The van der Waals surface area contributed by atoms with Crippen molar-refractivity contribution in [3.63, 3.8) is 0 Å². The van der Waals surface area contributed by atoms with E-state index in [2.05, 4.69) is 215 Å². The second-order valence-corrected chi connectivity index (χ2v) is 20.8. The fourth-order valence-electron chi connectivity index (χ4n) is 7.70. The molecule has 306 valence electrons. The minimum absolute atomic E-state index is 0. The summed E-state index contributed by atoms with van der Waals surface area (Å²) in [5.74, 6) is 2.10. The Balaban J connectivity index is 0.00000567. The van der Waals surface area contributed by atoms with E-state index in [4.69, 9.17) is 9.72 Å². The molecule has 0 atom stereocenters. The third-order valence-electron chi connectivity index (χ3n) is 10.8. The van der Waals surface area contributed by atoms with Gasteiger partial charge in [-0.15, -0.1) is 29.7 Å². The number of hydrogen-bond donors (Lipinski definition) is 0. The number of imidazole rings is 1. The van der Waals surface area contributed by atoms with Crippen LogP contribution in [0.15, 0.2) is 91.1 Å². The first-order valence-electron chi connectivity index (χ1n) is 20.3. The second-order valence-electron chi connectivity index (χ2n) is 20.8. The van der Waals surface area contributed by atoms with E-state index in [-0.39, 0.29) is 48.1 Å². The molecule has 0 spiro atoms. The average Bonchev–Trinajstić information content (AvgIpc) is 3.68. The molecule has 0 N–H and O–H groups in total. The van der Waals surface area contributed by atoms with Gasteiger partial charge in [-0.2, -0.15) is 17.7 Å². The molecule has 0 unspecified atom stereocenters. The van der Waals surface area contributed by atoms with Crippen LogP contribution in [0.3, 0.4) is 0 Å². The van der Waals surface area contributed by atoms with Gasteiger partial charge >= 0.3 is 0 Å². The van der Waals surface area contributed by atoms with Crippen molar-refractivity contribution < 1.29 is 30.4 Å². The van der Waals surface area contributed by atoms with Crippen LogP contribution >= 0.6 is 0 Å². The number of nitrogens with zero attached hydrogens (tertiary/aromatic N) is 4. The molecule has 0 saturated heterocycles. The Bertz CT molecular complexity index is 2610. The summed E-state index contributed by atoms with van der Waals surface area (Å²) in [5, 5.41) is 2.25. The van der Waals surface area contributed by atoms with Gasteiger partial charge in [-0.1, -0.05) is 140 Å². The van der Waals surface area contributed by atoms with Crippen LogP contribution in [-0.4, -0.2) is 14.1 Å². The number of ether oxygens (including phenoxy) is 1. The quantitative estimate of drug-likeness (QED) is 0.127. The summed E-state index contributed by atoms with van der Waals surface area (Å²) in [5.41, 5.74) is 9.52. The van der Waals surface area contributed by atoms with Crippen molar-refractivity contribution in [3.05, 3.63) is 138 Å². The number of para-hydroxylation sites is 1. The molecule has 3 aromatic heterocycles. The zero-order valence-electron chi connectivity index (χ0n) is 37.2. The number of aromatic nitrogens is 4. The minimum atomic E-state index is -0.215. The summed E-state index contributed by atoms with van der Waals surface area (Å²) in [6, 6.07) is 37.7. The summed E-state index contributed by atoms with van der Waals surface area (Å²) >= 11 is 0. The normalized spacial score (nSPS) is 12.9. The molecule has 0 bridgehead atoms. The predicted octanol–water partition coefficient (Wildman–Crippen LogP) is 12.9. The molecule has 7 rings (SSSR count). The van der Waals surface area contributed by atoms with Gasteiger partial charge in [0.2, 0.25) is 0 Å². The number of rotatable bonds is 5. The molecule has 7 aromatic rings. The van der Waals surface area contributed by atoms with Gasteiger partial charge < -0.3 is 13.9 Å². The SMILES string of the molecule is CC(C)(C)c1ccc(-[n+]2[c-]n(-c3[c-]c(Oc4[c-]c5c(cc4)c4ccccc4n5-c4cc(C(C)(C)C)ccn4)cc(C(C)(C)C)c3)c(C(C)(C)C)c2C(C)(C)C)cc1.[Pt].